The molecule has 1 unspecified atom stereocenters. The number of piperidine rings is 1. The predicted octanol–water partition coefficient (Wildman–Crippen LogP) is 1.47. The maximum atomic E-state index is 11.7. The van der Waals surface area contributed by atoms with Crippen molar-refractivity contribution in [1.82, 2.24) is 19.7 Å². The molecular formula is C15H20N4OS. The van der Waals surface area contributed by atoms with Crippen molar-refractivity contribution in [3.63, 3.8) is 0 Å². The topological polar surface area (TPSA) is 54.2 Å². The van der Waals surface area contributed by atoms with Crippen LogP contribution in [0.25, 0.3) is 0 Å². The summed E-state index contributed by atoms with van der Waals surface area (Å²) in [7, 11) is 2.15. The maximum Gasteiger partial charge on any atom is 0.164 e. The van der Waals surface area contributed by atoms with E-state index in [2.05, 4.69) is 33.5 Å². The van der Waals surface area contributed by atoms with Crippen LogP contribution < -0.4 is 0 Å². The van der Waals surface area contributed by atoms with Gasteiger partial charge in [-0.25, -0.2) is 9.67 Å². The minimum absolute atomic E-state index is 0.215. The fourth-order valence-corrected chi connectivity index (χ4v) is 4.84. The Morgan fingerprint density at radius 3 is 2.95 bits per heavy atom. The van der Waals surface area contributed by atoms with Gasteiger partial charge in [-0.1, -0.05) is 0 Å². The van der Waals surface area contributed by atoms with E-state index < -0.39 is 5.60 Å². The highest BCUT2D eigenvalue weighted by atomic mass is 32.1. The van der Waals surface area contributed by atoms with Crippen LogP contribution in [-0.4, -0.2) is 44.9 Å². The molecule has 1 saturated heterocycles. The van der Waals surface area contributed by atoms with Gasteiger partial charge < -0.3 is 10.0 Å². The number of aromatic nitrogens is 3. The zero-order chi connectivity index (χ0) is 14.4. The zero-order valence-corrected chi connectivity index (χ0v) is 13.0. The first-order chi connectivity index (χ1) is 10.2. The smallest absolute Gasteiger partial charge is 0.164 e. The molecule has 112 valence electrons. The van der Waals surface area contributed by atoms with Crippen molar-refractivity contribution in [2.24, 2.45) is 5.92 Å². The lowest BCUT2D eigenvalue weighted by Crippen LogP contribution is -2.44. The number of hydrogen-bond donors (Lipinski definition) is 1. The third-order valence-corrected chi connectivity index (χ3v) is 6.03. The minimum Gasteiger partial charge on any atom is -0.376 e. The number of rotatable bonds is 1. The molecule has 0 radical (unpaired) electrons. The number of likely N-dealkylation sites (tertiary alicyclic amines) is 1. The predicted molar refractivity (Wildman–Crippen MR) is 81.3 cm³/mol. The summed E-state index contributed by atoms with van der Waals surface area (Å²) in [5, 5.41) is 18.1. The normalized spacial score (nSPS) is 27.1. The summed E-state index contributed by atoms with van der Waals surface area (Å²) in [6.45, 7) is 2.86. The van der Waals surface area contributed by atoms with Gasteiger partial charge in [-0.15, -0.1) is 11.3 Å². The molecule has 6 heteroatoms. The number of aliphatic hydroxyl groups is 1. The molecule has 21 heavy (non-hydrogen) atoms. The first kappa shape index (κ1) is 13.4. The van der Waals surface area contributed by atoms with Crippen molar-refractivity contribution in [2.45, 2.75) is 31.4 Å². The lowest BCUT2D eigenvalue weighted by molar-refractivity contribution is -0.0173. The van der Waals surface area contributed by atoms with Gasteiger partial charge in [-0.05, 0) is 56.4 Å². The molecule has 0 spiro atoms. The van der Waals surface area contributed by atoms with E-state index >= 15 is 0 Å². The fourth-order valence-electron chi connectivity index (χ4n) is 3.71. The highest BCUT2D eigenvalue weighted by Gasteiger charge is 2.47. The van der Waals surface area contributed by atoms with E-state index in [9.17, 15) is 5.11 Å². The van der Waals surface area contributed by atoms with Crippen molar-refractivity contribution in [1.29, 1.82) is 0 Å². The molecule has 4 rings (SSSR count). The highest BCUT2D eigenvalue weighted by Crippen LogP contribution is 2.45. The molecular weight excluding hydrogens is 284 g/mol. The Balaban J connectivity index is 1.84. The van der Waals surface area contributed by atoms with Gasteiger partial charge >= 0.3 is 0 Å². The molecule has 2 aromatic rings. The van der Waals surface area contributed by atoms with Crippen molar-refractivity contribution in [3.8, 4) is 0 Å². The average Bonchev–Trinajstić information content (AvgIpc) is 3.13. The van der Waals surface area contributed by atoms with Crippen LogP contribution in [0.3, 0.4) is 0 Å². The largest absolute Gasteiger partial charge is 0.376 e. The van der Waals surface area contributed by atoms with E-state index in [1.807, 2.05) is 4.68 Å². The Labute approximate surface area is 128 Å². The second-order valence-electron chi connectivity index (χ2n) is 6.18. The van der Waals surface area contributed by atoms with Gasteiger partial charge in [0.05, 0.1) is 0 Å². The van der Waals surface area contributed by atoms with Gasteiger partial charge in [0, 0.05) is 17.3 Å². The lowest BCUT2D eigenvalue weighted by Gasteiger charge is -2.39. The maximum absolute atomic E-state index is 11.7. The fraction of sp³-hybridized carbons (Fsp3) is 0.600. The van der Waals surface area contributed by atoms with E-state index in [0.29, 0.717) is 0 Å². The van der Waals surface area contributed by atoms with Crippen molar-refractivity contribution >= 4 is 11.3 Å². The van der Waals surface area contributed by atoms with Crippen LogP contribution in [0.15, 0.2) is 17.8 Å². The SMILES string of the molecule is CN1CCC(C2(O)c3sccc3CCn3ncnc32)CC1. The van der Waals surface area contributed by atoms with E-state index in [0.717, 1.165) is 49.6 Å². The summed E-state index contributed by atoms with van der Waals surface area (Å²) in [5.74, 6) is 0.949. The molecule has 2 aliphatic heterocycles. The second-order valence-corrected chi connectivity index (χ2v) is 7.09. The summed E-state index contributed by atoms with van der Waals surface area (Å²) in [6, 6.07) is 2.15. The van der Waals surface area contributed by atoms with Gasteiger partial charge in [-0.3, -0.25) is 0 Å². The monoisotopic (exact) mass is 304 g/mol. The van der Waals surface area contributed by atoms with Gasteiger partial charge in [0.25, 0.3) is 0 Å². The van der Waals surface area contributed by atoms with Gasteiger partial charge in [0.15, 0.2) is 11.4 Å². The highest BCUT2D eigenvalue weighted by molar-refractivity contribution is 7.10. The Morgan fingerprint density at radius 2 is 2.14 bits per heavy atom. The molecule has 0 aromatic carbocycles. The average molecular weight is 304 g/mol. The van der Waals surface area contributed by atoms with Crippen molar-refractivity contribution < 1.29 is 5.11 Å². The standard InChI is InChI=1S/C15H20N4OS/c1-18-6-3-12(4-7-18)15(20)13-11(5-9-21-13)2-8-19-14(15)16-10-17-19/h5,9-10,12,20H,2-4,6-8H2,1H3. The van der Waals surface area contributed by atoms with Crippen molar-refractivity contribution in [3.05, 3.63) is 34.0 Å². The van der Waals surface area contributed by atoms with Crippen LogP contribution in [-0.2, 0) is 18.6 Å². The second kappa shape index (κ2) is 4.90. The lowest BCUT2D eigenvalue weighted by atomic mass is 9.78. The number of aryl methyl sites for hydroxylation is 2. The Hall–Kier alpha value is -1.24. The van der Waals surface area contributed by atoms with Crippen LogP contribution in [0.4, 0.5) is 0 Å². The van der Waals surface area contributed by atoms with Crippen LogP contribution in [0.2, 0.25) is 0 Å². The van der Waals surface area contributed by atoms with Gasteiger partial charge in [0.1, 0.15) is 6.33 Å². The summed E-state index contributed by atoms with van der Waals surface area (Å²) in [6.07, 6.45) is 4.49. The first-order valence-corrected chi connectivity index (χ1v) is 8.43. The minimum atomic E-state index is -0.974. The molecule has 2 aromatic heterocycles. The summed E-state index contributed by atoms with van der Waals surface area (Å²) in [4.78, 5) is 7.85. The molecule has 0 amide bonds. The van der Waals surface area contributed by atoms with E-state index in [1.54, 1.807) is 17.7 Å². The summed E-state index contributed by atoms with van der Waals surface area (Å²) < 4.78 is 1.89. The van der Waals surface area contributed by atoms with Crippen LogP contribution >= 0.6 is 11.3 Å². The van der Waals surface area contributed by atoms with Gasteiger partial charge in [-0.2, -0.15) is 5.10 Å². The molecule has 1 atom stereocenters. The molecule has 2 aliphatic rings. The number of hydrogen-bond acceptors (Lipinski definition) is 5. The van der Waals surface area contributed by atoms with Crippen LogP contribution in [0.5, 0.6) is 0 Å². The number of nitrogens with zero attached hydrogens (tertiary/aromatic N) is 4. The van der Waals surface area contributed by atoms with Gasteiger partial charge in [0.2, 0.25) is 0 Å². The quantitative estimate of drug-likeness (QED) is 0.867. The van der Waals surface area contributed by atoms with Crippen LogP contribution in [0, 0.1) is 5.92 Å². The molecule has 1 N–H and O–H groups in total. The first-order valence-electron chi connectivity index (χ1n) is 7.55. The van der Waals surface area contributed by atoms with E-state index in [-0.39, 0.29) is 5.92 Å². The summed E-state index contributed by atoms with van der Waals surface area (Å²) in [5.41, 5.74) is 0.284. The third-order valence-electron chi connectivity index (χ3n) is 4.95. The molecule has 1 fully saturated rings. The Morgan fingerprint density at radius 1 is 1.33 bits per heavy atom. The molecule has 4 heterocycles. The molecule has 0 aliphatic carbocycles. The molecule has 0 bridgehead atoms. The number of fused-ring (bicyclic) bond motifs is 2. The van der Waals surface area contributed by atoms with Crippen LogP contribution in [0.1, 0.15) is 29.1 Å². The summed E-state index contributed by atoms with van der Waals surface area (Å²) >= 11 is 1.66. The van der Waals surface area contributed by atoms with E-state index in [1.165, 1.54) is 5.56 Å². The third kappa shape index (κ3) is 1.97. The van der Waals surface area contributed by atoms with Crippen molar-refractivity contribution in [2.75, 3.05) is 20.1 Å². The number of thiophene rings is 1. The Bertz CT molecular complexity index is 599. The van der Waals surface area contributed by atoms with E-state index in [4.69, 9.17) is 0 Å². The zero-order valence-electron chi connectivity index (χ0n) is 12.2. The Kier molecular flexibility index (Phi) is 3.13. The molecule has 0 saturated carbocycles. The molecule has 5 nitrogen and oxygen atoms in total.